The van der Waals surface area contributed by atoms with Crippen LogP contribution >= 0.6 is 0 Å². The summed E-state index contributed by atoms with van der Waals surface area (Å²) in [7, 11) is 0. The van der Waals surface area contributed by atoms with Crippen molar-refractivity contribution >= 4 is 17.3 Å². The predicted molar refractivity (Wildman–Crippen MR) is 92.4 cm³/mol. The highest BCUT2D eigenvalue weighted by atomic mass is 15.4. The Labute approximate surface area is 135 Å². The maximum absolute atomic E-state index is 5.76. The van der Waals surface area contributed by atoms with Gasteiger partial charge >= 0.3 is 0 Å². The summed E-state index contributed by atoms with van der Waals surface area (Å²) < 4.78 is 1.95. The quantitative estimate of drug-likeness (QED) is 0.724. The Bertz CT molecular complexity index is 784. The number of nitrogen functional groups attached to an aromatic ring is 1. The molecule has 0 unspecified atom stereocenters. The molecule has 1 aromatic carbocycles. The number of hydrogen-bond donors (Lipinski definition) is 2. The highest BCUT2D eigenvalue weighted by Crippen LogP contribution is 2.28. The molecular formula is C17H20N6. The van der Waals surface area contributed by atoms with Crippen molar-refractivity contribution in [3.8, 4) is 11.3 Å². The summed E-state index contributed by atoms with van der Waals surface area (Å²) >= 11 is 0. The van der Waals surface area contributed by atoms with Gasteiger partial charge in [-0.05, 0) is 32.9 Å². The molecule has 0 bridgehead atoms. The Morgan fingerprint density at radius 1 is 1.09 bits per heavy atom. The minimum atomic E-state index is -0.170. The lowest BCUT2D eigenvalue weighted by atomic mass is 10.1. The van der Waals surface area contributed by atoms with E-state index in [9.17, 15) is 0 Å². The van der Waals surface area contributed by atoms with E-state index in [-0.39, 0.29) is 5.54 Å². The Balaban J connectivity index is 2.02. The number of nitrogens with two attached hydrogens (primary N) is 1. The van der Waals surface area contributed by atoms with E-state index in [1.807, 2.05) is 35.0 Å². The second-order valence-electron chi connectivity index (χ2n) is 6.34. The number of anilines is 3. The first-order valence-corrected chi connectivity index (χ1v) is 7.43. The summed E-state index contributed by atoms with van der Waals surface area (Å²) in [6.07, 6.45) is 4.98. The van der Waals surface area contributed by atoms with Crippen LogP contribution in [0.3, 0.4) is 0 Å². The van der Waals surface area contributed by atoms with Crippen LogP contribution in [0.1, 0.15) is 20.8 Å². The second kappa shape index (κ2) is 5.72. The monoisotopic (exact) mass is 308 g/mol. The molecule has 118 valence electrons. The molecule has 0 amide bonds. The van der Waals surface area contributed by atoms with Crippen LogP contribution < -0.4 is 11.1 Å². The van der Waals surface area contributed by atoms with Crippen LogP contribution in [-0.4, -0.2) is 19.7 Å². The fraction of sp³-hybridized carbons (Fsp3) is 0.235. The van der Waals surface area contributed by atoms with Crippen molar-refractivity contribution in [3.63, 3.8) is 0 Å². The molecule has 0 spiro atoms. The number of rotatable bonds is 3. The summed E-state index contributed by atoms with van der Waals surface area (Å²) in [5.74, 6) is 1.55. The first-order chi connectivity index (χ1) is 10.9. The molecule has 6 heteroatoms. The topological polar surface area (TPSA) is 81.7 Å². The number of aromatic nitrogens is 4. The van der Waals surface area contributed by atoms with E-state index in [0.29, 0.717) is 5.82 Å². The third kappa shape index (κ3) is 3.31. The SMILES string of the molecule is CC(C)(C)n1nc(-c2ccc(N)cc2)cc1Nc1cnccn1. The normalized spacial score (nSPS) is 11.4. The molecule has 0 aliphatic rings. The minimum absolute atomic E-state index is 0.170. The van der Waals surface area contributed by atoms with Crippen LogP contribution in [0.25, 0.3) is 11.3 Å². The number of nitrogens with zero attached hydrogens (tertiary/aromatic N) is 4. The summed E-state index contributed by atoms with van der Waals surface area (Å²) in [5, 5.41) is 8.03. The lowest BCUT2D eigenvalue weighted by Crippen LogP contribution is -2.24. The number of benzene rings is 1. The molecule has 0 aliphatic heterocycles. The summed E-state index contributed by atoms with van der Waals surface area (Å²) in [6, 6.07) is 9.70. The third-order valence-electron chi connectivity index (χ3n) is 3.37. The molecule has 0 fully saturated rings. The predicted octanol–water partition coefficient (Wildman–Crippen LogP) is 3.42. The van der Waals surface area contributed by atoms with Crippen molar-refractivity contribution in [3.05, 3.63) is 48.9 Å². The van der Waals surface area contributed by atoms with Gasteiger partial charge in [0.05, 0.1) is 17.4 Å². The van der Waals surface area contributed by atoms with Gasteiger partial charge in [-0.1, -0.05) is 12.1 Å². The summed E-state index contributed by atoms with van der Waals surface area (Å²) in [6.45, 7) is 6.32. The number of nitrogens with one attached hydrogen (secondary N) is 1. The van der Waals surface area contributed by atoms with E-state index in [0.717, 1.165) is 22.8 Å². The maximum atomic E-state index is 5.76. The Morgan fingerprint density at radius 3 is 2.43 bits per heavy atom. The van der Waals surface area contributed by atoms with Crippen molar-refractivity contribution < 1.29 is 0 Å². The van der Waals surface area contributed by atoms with Gasteiger partial charge in [-0.25, -0.2) is 9.67 Å². The van der Waals surface area contributed by atoms with Crippen LogP contribution in [0.2, 0.25) is 0 Å². The van der Waals surface area contributed by atoms with E-state index < -0.39 is 0 Å². The first kappa shape index (κ1) is 15.0. The van der Waals surface area contributed by atoms with Crippen LogP contribution in [0, 0.1) is 0 Å². The fourth-order valence-electron chi connectivity index (χ4n) is 2.27. The van der Waals surface area contributed by atoms with E-state index in [1.54, 1.807) is 18.6 Å². The molecule has 0 radical (unpaired) electrons. The molecule has 0 aliphatic carbocycles. The van der Waals surface area contributed by atoms with Gasteiger partial charge < -0.3 is 11.1 Å². The van der Waals surface area contributed by atoms with Gasteiger partial charge in [-0.3, -0.25) is 4.98 Å². The van der Waals surface area contributed by atoms with E-state index in [2.05, 4.69) is 36.1 Å². The van der Waals surface area contributed by atoms with Crippen LogP contribution in [0.5, 0.6) is 0 Å². The van der Waals surface area contributed by atoms with Crippen molar-refractivity contribution in [2.45, 2.75) is 26.3 Å². The molecule has 0 saturated heterocycles. The van der Waals surface area contributed by atoms with Gasteiger partial charge in [0.15, 0.2) is 0 Å². The molecular weight excluding hydrogens is 288 g/mol. The van der Waals surface area contributed by atoms with Crippen LogP contribution in [0.15, 0.2) is 48.9 Å². The largest absolute Gasteiger partial charge is 0.399 e. The standard InChI is InChI=1S/C17H20N6/c1-17(2,3)23-16(21-15-11-19-8-9-20-15)10-14(22-23)12-4-6-13(18)7-5-12/h4-11H,18H2,1-3H3,(H,20,21). The zero-order valence-electron chi connectivity index (χ0n) is 13.5. The van der Waals surface area contributed by atoms with Crippen LogP contribution in [0.4, 0.5) is 17.3 Å². The average molecular weight is 308 g/mol. The van der Waals surface area contributed by atoms with Gasteiger partial charge in [-0.15, -0.1) is 0 Å². The van der Waals surface area contributed by atoms with Crippen LogP contribution in [-0.2, 0) is 5.54 Å². The van der Waals surface area contributed by atoms with Gasteiger partial charge in [0.2, 0.25) is 0 Å². The minimum Gasteiger partial charge on any atom is -0.399 e. The molecule has 2 aromatic heterocycles. The van der Waals surface area contributed by atoms with E-state index in [4.69, 9.17) is 10.8 Å². The Morgan fingerprint density at radius 2 is 1.83 bits per heavy atom. The Hall–Kier alpha value is -2.89. The number of hydrogen-bond acceptors (Lipinski definition) is 5. The van der Waals surface area contributed by atoms with Crippen molar-refractivity contribution in [1.82, 2.24) is 19.7 Å². The molecule has 3 rings (SSSR count). The zero-order chi connectivity index (χ0) is 16.4. The lowest BCUT2D eigenvalue weighted by Gasteiger charge is -2.22. The molecule has 0 atom stereocenters. The maximum Gasteiger partial charge on any atom is 0.150 e. The molecule has 3 N–H and O–H groups in total. The molecule has 6 nitrogen and oxygen atoms in total. The highest BCUT2D eigenvalue weighted by Gasteiger charge is 2.20. The van der Waals surface area contributed by atoms with Gasteiger partial charge in [-0.2, -0.15) is 5.10 Å². The summed E-state index contributed by atoms with van der Waals surface area (Å²) in [4.78, 5) is 8.34. The summed E-state index contributed by atoms with van der Waals surface area (Å²) in [5.41, 5.74) is 8.22. The molecule has 23 heavy (non-hydrogen) atoms. The molecule has 2 heterocycles. The van der Waals surface area contributed by atoms with Gasteiger partial charge in [0.1, 0.15) is 11.6 Å². The Kier molecular flexibility index (Phi) is 3.73. The highest BCUT2D eigenvalue weighted by molar-refractivity contribution is 5.67. The van der Waals surface area contributed by atoms with E-state index >= 15 is 0 Å². The zero-order valence-corrected chi connectivity index (χ0v) is 13.5. The molecule has 0 saturated carbocycles. The third-order valence-corrected chi connectivity index (χ3v) is 3.37. The van der Waals surface area contributed by atoms with Crippen molar-refractivity contribution in [2.24, 2.45) is 0 Å². The molecule has 3 aromatic rings. The van der Waals surface area contributed by atoms with Gasteiger partial charge in [0.25, 0.3) is 0 Å². The lowest BCUT2D eigenvalue weighted by molar-refractivity contribution is 0.362. The fourth-order valence-corrected chi connectivity index (χ4v) is 2.27. The smallest absolute Gasteiger partial charge is 0.150 e. The first-order valence-electron chi connectivity index (χ1n) is 7.43. The second-order valence-corrected chi connectivity index (χ2v) is 6.34. The average Bonchev–Trinajstić information content (AvgIpc) is 2.93. The van der Waals surface area contributed by atoms with Crippen molar-refractivity contribution in [1.29, 1.82) is 0 Å². The van der Waals surface area contributed by atoms with Gasteiger partial charge in [0, 0.05) is 29.7 Å². The van der Waals surface area contributed by atoms with E-state index in [1.165, 1.54) is 0 Å². The van der Waals surface area contributed by atoms with Crippen molar-refractivity contribution in [2.75, 3.05) is 11.1 Å².